The minimum absolute atomic E-state index is 0.0220. The van der Waals surface area contributed by atoms with Crippen LogP contribution in [0.4, 0.5) is 15.8 Å². The molecule has 1 atom stereocenters. The molecule has 0 saturated carbocycles. The highest BCUT2D eigenvalue weighted by molar-refractivity contribution is 6.03. The van der Waals surface area contributed by atoms with Gasteiger partial charge in [0.2, 0.25) is 11.9 Å². The highest BCUT2D eigenvalue weighted by Gasteiger charge is 2.36. The second-order valence-corrected chi connectivity index (χ2v) is 11.6. The number of rotatable bonds is 8. The third-order valence-corrected chi connectivity index (χ3v) is 8.34. The van der Waals surface area contributed by atoms with E-state index < -0.39 is 0 Å². The number of nitrogens with one attached hydrogen (secondary N) is 1. The van der Waals surface area contributed by atoms with E-state index in [0.29, 0.717) is 6.54 Å². The van der Waals surface area contributed by atoms with E-state index in [1.807, 2.05) is 66.7 Å². The zero-order valence-electron chi connectivity index (χ0n) is 24.9. The molecule has 1 amide bonds. The van der Waals surface area contributed by atoms with Crippen LogP contribution < -0.4 is 10.2 Å². The van der Waals surface area contributed by atoms with E-state index >= 15 is 0 Å². The van der Waals surface area contributed by atoms with Gasteiger partial charge in [-0.25, -0.2) is 9.38 Å². The van der Waals surface area contributed by atoms with E-state index in [9.17, 15) is 9.18 Å². The van der Waals surface area contributed by atoms with Crippen LogP contribution in [0.3, 0.4) is 0 Å². The smallest absolute Gasteiger partial charge is 0.222 e. The molecule has 2 heterocycles. The van der Waals surface area contributed by atoms with Gasteiger partial charge in [0.25, 0.3) is 0 Å². The number of piperazine rings is 1. The molecule has 2 aliphatic rings. The Morgan fingerprint density at radius 2 is 1.63 bits per heavy atom. The molecule has 0 radical (unpaired) electrons. The van der Waals surface area contributed by atoms with Crippen LogP contribution in [0, 0.1) is 5.82 Å². The van der Waals surface area contributed by atoms with E-state index in [-0.39, 0.29) is 24.2 Å². The van der Waals surface area contributed by atoms with Crippen molar-refractivity contribution in [1.82, 2.24) is 20.0 Å². The van der Waals surface area contributed by atoms with Crippen molar-refractivity contribution in [3.63, 3.8) is 0 Å². The maximum atomic E-state index is 14.0. The fraction of sp³-hybridized carbons (Fsp3) is 0.314. The number of hydrogen-bond donors (Lipinski definition) is 1. The largest absolute Gasteiger partial charge is 0.352 e. The molecule has 1 N–H and O–H groups in total. The number of benzene rings is 4. The maximum Gasteiger partial charge on any atom is 0.222 e. The Labute approximate surface area is 253 Å². The molecule has 0 bridgehead atoms. The van der Waals surface area contributed by atoms with Crippen LogP contribution >= 0.6 is 0 Å². The van der Waals surface area contributed by atoms with Gasteiger partial charge in [0, 0.05) is 57.1 Å². The number of likely N-dealkylation sites (N-methyl/N-ethyl adjacent to an activating group) is 1. The lowest BCUT2D eigenvalue weighted by Crippen LogP contribution is -2.56. The number of hydrogen-bond acceptors (Lipinski definition) is 6. The highest BCUT2D eigenvalue weighted by Crippen LogP contribution is 2.41. The minimum Gasteiger partial charge on any atom is -0.352 e. The Kier molecular flexibility index (Phi) is 8.67. The summed E-state index contributed by atoms with van der Waals surface area (Å²) in [5.41, 5.74) is 3.91. The standard InChI is InChI=1S/C35H39FN6O/c1-39(2)16-17-40-18-20-41(21-19-40)35-38-32-11-7-6-10-31(32)33(24-34(43)37-25-26-8-4-3-5-9-26)42(35)30-15-13-27-22-29(36)14-12-28(27)23-30/h3-15,22-23,33H,16-21,24-25H2,1-2H3,(H,37,43). The Balaban J connectivity index is 1.34. The first-order valence-electron chi connectivity index (χ1n) is 15.0. The van der Waals surface area contributed by atoms with Crippen molar-refractivity contribution in [2.45, 2.75) is 19.0 Å². The van der Waals surface area contributed by atoms with Gasteiger partial charge in [-0.3, -0.25) is 9.69 Å². The van der Waals surface area contributed by atoms with Gasteiger partial charge in [0.15, 0.2) is 0 Å². The third-order valence-electron chi connectivity index (χ3n) is 8.34. The lowest BCUT2D eigenvalue weighted by Gasteiger charge is -2.45. The lowest BCUT2D eigenvalue weighted by molar-refractivity contribution is -0.121. The molecule has 4 aromatic carbocycles. The third kappa shape index (κ3) is 6.71. The summed E-state index contributed by atoms with van der Waals surface area (Å²) in [4.78, 5) is 28.0. The predicted octanol–water partition coefficient (Wildman–Crippen LogP) is 5.41. The van der Waals surface area contributed by atoms with Crippen molar-refractivity contribution in [2.75, 3.05) is 58.3 Å². The Bertz CT molecular complexity index is 1600. The molecule has 1 saturated heterocycles. The minimum atomic E-state index is -0.260. The molecule has 8 heteroatoms. The number of amides is 1. The van der Waals surface area contributed by atoms with Crippen LogP contribution in [0.25, 0.3) is 10.8 Å². The van der Waals surface area contributed by atoms with Gasteiger partial charge in [-0.05, 0) is 60.8 Å². The van der Waals surface area contributed by atoms with Crippen LogP contribution in [0.5, 0.6) is 0 Å². The SMILES string of the molecule is CN(C)CCN1CCN(C2=Nc3ccccc3C(CC(=O)NCc3ccccc3)N2c2ccc3cc(F)ccc3c2)CC1. The van der Waals surface area contributed by atoms with Crippen LogP contribution in [0.2, 0.25) is 0 Å². The molecule has 2 aliphatic heterocycles. The number of carbonyl (C=O) groups excluding carboxylic acids is 1. The van der Waals surface area contributed by atoms with E-state index in [2.05, 4.69) is 51.1 Å². The van der Waals surface area contributed by atoms with Gasteiger partial charge in [0.05, 0.1) is 18.2 Å². The van der Waals surface area contributed by atoms with Crippen molar-refractivity contribution in [3.05, 3.63) is 108 Å². The molecule has 0 aromatic heterocycles. The Morgan fingerprint density at radius 3 is 2.42 bits per heavy atom. The summed E-state index contributed by atoms with van der Waals surface area (Å²) in [5.74, 6) is 0.578. The summed E-state index contributed by atoms with van der Waals surface area (Å²) >= 11 is 0. The van der Waals surface area contributed by atoms with Gasteiger partial charge in [-0.15, -0.1) is 0 Å². The molecular formula is C35H39FN6O. The summed E-state index contributed by atoms with van der Waals surface area (Å²) in [7, 11) is 4.22. The number of halogens is 1. The molecule has 0 aliphatic carbocycles. The van der Waals surface area contributed by atoms with E-state index in [1.165, 1.54) is 6.07 Å². The number of nitrogens with zero attached hydrogens (tertiary/aromatic N) is 5. The number of para-hydroxylation sites is 1. The fourth-order valence-corrected chi connectivity index (χ4v) is 5.94. The number of guanidine groups is 1. The molecule has 0 spiro atoms. The van der Waals surface area contributed by atoms with E-state index in [4.69, 9.17) is 4.99 Å². The number of aliphatic imine (C=N–C) groups is 1. The van der Waals surface area contributed by atoms with Gasteiger partial charge in [-0.2, -0.15) is 0 Å². The fourth-order valence-electron chi connectivity index (χ4n) is 5.94. The highest BCUT2D eigenvalue weighted by atomic mass is 19.1. The van der Waals surface area contributed by atoms with Crippen LogP contribution in [0.1, 0.15) is 23.6 Å². The van der Waals surface area contributed by atoms with Crippen LogP contribution in [-0.4, -0.2) is 79.9 Å². The van der Waals surface area contributed by atoms with Gasteiger partial charge >= 0.3 is 0 Å². The lowest BCUT2D eigenvalue weighted by atomic mass is 9.96. The first-order valence-corrected chi connectivity index (χ1v) is 15.0. The monoisotopic (exact) mass is 578 g/mol. The van der Waals surface area contributed by atoms with Crippen molar-refractivity contribution in [3.8, 4) is 0 Å². The van der Waals surface area contributed by atoms with E-state index in [0.717, 1.165) is 78.5 Å². The first kappa shape index (κ1) is 28.8. The predicted molar refractivity (Wildman–Crippen MR) is 172 cm³/mol. The molecule has 4 aromatic rings. The summed E-state index contributed by atoms with van der Waals surface area (Å²) in [6, 6.07) is 28.8. The van der Waals surface area contributed by atoms with Crippen LogP contribution in [-0.2, 0) is 11.3 Å². The van der Waals surface area contributed by atoms with Crippen molar-refractivity contribution in [1.29, 1.82) is 0 Å². The average Bonchev–Trinajstić information content (AvgIpc) is 3.03. The van der Waals surface area contributed by atoms with Gasteiger partial charge in [0.1, 0.15) is 5.82 Å². The number of carbonyl (C=O) groups is 1. The van der Waals surface area contributed by atoms with Crippen molar-refractivity contribution < 1.29 is 9.18 Å². The van der Waals surface area contributed by atoms with Crippen molar-refractivity contribution in [2.24, 2.45) is 4.99 Å². The second kappa shape index (κ2) is 12.9. The quantitative estimate of drug-likeness (QED) is 0.303. The summed E-state index contributed by atoms with van der Waals surface area (Å²) in [6.45, 7) is 6.12. The normalized spacial score (nSPS) is 17.2. The number of fused-ring (bicyclic) bond motifs is 2. The maximum absolute atomic E-state index is 14.0. The van der Waals surface area contributed by atoms with Crippen molar-refractivity contribution >= 4 is 34.0 Å². The zero-order valence-corrected chi connectivity index (χ0v) is 24.9. The first-order chi connectivity index (χ1) is 20.9. The molecule has 6 rings (SSSR count). The summed E-state index contributed by atoms with van der Waals surface area (Å²) in [6.07, 6.45) is 0.271. The topological polar surface area (TPSA) is 54.4 Å². The molecule has 222 valence electrons. The summed E-state index contributed by atoms with van der Waals surface area (Å²) in [5, 5.41) is 4.92. The van der Waals surface area contributed by atoms with Gasteiger partial charge in [-0.1, -0.05) is 60.7 Å². The molecular weight excluding hydrogens is 539 g/mol. The molecule has 7 nitrogen and oxygen atoms in total. The molecule has 1 unspecified atom stereocenters. The van der Waals surface area contributed by atoms with Gasteiger partial charge < -0.3 is 20.0 Å². The zero-order chi connectivity index (χ0) is 29.8. The van der Waals surface area contributed by atoms with E-state index in [1.54, 1.807) is 6.07 Å². The second-order valence-electron chi connectivity index (χ2n) is 11.6. The average molecular weight is 579 g/mol. The molecule has 1 fully saturated rings. The van der Waals surface area contributed by atoms with Crippen LogP contribution in [0.15, 0.2) is 96.0 Å². The number of anilines is 1. The Hall–Kier alpha value is -4.27. The molecule has 43 heavy (non-hydrogen) atoms. The Morgan fingerprint density at radius 1 is 0.907 bits per heavy atom. The summed E-state index contributed by atoms with van der Waals surface area (Å²) < 4.78 is 14.0.